The van der Waals surface area contributed by atoms with Gasteiger partial charge in [0.15, 0.2) is 0 Å². The van der Waals surface area contributed by atoms with E-state index < -0.39 is 11.9 Å². The lowest BCUT2D eigenvalue weighted by Gasteiger charge is -2.19. The number of nitrogens with zero attached hydrogens (tertiary/aromatic N) is 3. The van der Waals surface area contributed by atoms with Gasteiger partial charge in [0.05, 0.1) is 23.9 Å². The Labute approximate surface area is 173 Å². The summed E-state index contributed by atoms with van der Waals surface area (Å²) in [6.07, 6.45) is 2.77. The van der Waals surface area contributed by atoms with Crippen LogP contribution in [0, 0.1) is 5.95 Å². The van der Waals surface area contributed by atoms with E-state index in [1.165, 1.54) is 36.2 Å². The summed E-state index contributed by atoms with van der Waals surface area (Å²) >= 11 is 0. The normalized spacial score (nSPS) is 10.5. The standard InChI is InChI=1S/C22H21FN4O3/c1-4-20(28)26(5-2)15-7-6-8-16(12-15)27-13-18(21(23)25-27)14-9-10-17(22(24)29)19(11-14)30-3/h4,6-13H,1,5H2,2-3H3,(H2,24,29). The number of carbonyl (C=O) groups is 2. The minimum absolute atomic E-state index is 0.202. The molecular formula is C22H21FN4O3. The van der Waals surface area contributed by atoms with Crippen LogP contribution in [0.1, 0.15) is 17.3 Å². The number of aromatic nitrogens is 2. The van der Waals surface area contributed by atoms with Crippen molar-refractivity contribution in [3.63, 3.8) is 0 Å². The lowest BCUT2D eigenvalue weighted by molar-refractivity contribution is -0.114. The van der Waals surface area contributed by atoms with Crippen molar-refractivity contribution < 1.29 is 18.7 Å². The molecule has 2 aromatic carbocycles. The van der Waals surface area contributed by atoms with Gasteiger partial charge in [0.25, 0.3) is 5.91 Å². The number of hydrogen-bond donors (Lipinski definition) is 1. The number of halogens is 1. The molecule has 0 bridgehead atoms. The molecule has 7 nitrogen and oxygen atoms in total. The summed E-state index contributed by atoms with van der Waals surface area (Å²) in [5.41, 5.74) is 7.46. The quantitative estimate of drug-likeness (QED) is 0.607. The van der Waals surface area contributed by atoms with Crippen LogP contribution in [-0.4, -0.2) is 35.2 Å². The highest BCUT2D eigenvalue weighted by molar-refractivity contribution is 6.01. The fourth-order valence-corrected chi connectivity index (χ4v) is 3.12. The average molecular weight is 408 g/mol. The first-order valence-electron chi connectivity index (χ1n) is 9.17. The molecule has 154 valence electrons. The summed E-state index contributed by atoms with van der Waals surface area (Å²) in [7, 11) is 1.40. The van der Waals surface area contributed by atoms with Crippen LogP contribution in [0.2, 0.25) is 0 Å². The van der Waals surface area contributed by atoms with Gasteiger partial charge in [-0.1, -0.05) is 18.7 Å². The average Bonchev–Trinajstić information content (AvgIpc) is 3.15. The third-order valence-electron chi connectivity index (χ3n) is 4.61. The van der Waals surface area contributed by atoms with Gasteiger partial charge in [-0.2, -0.15) is 4.39 Å². The maximum absolute atomic E-state index is 14.6. The summed E-state index contributed by atoms with van der Waals surface area (Å²) in [6.45, 7) is 5.83. The third kappa shape index (κ3) is 3.93. The van der Waals surface area contributed by atoms with Crippen molar-refractivity contribution in [1.29, 1.82) is 0 Å². The number of likely N-dealkylation sites (N-methyl/N-ethyl adjacent to an activating group) is 1. The van der Waals surface area contributed by atoms with Crippen molar-refractivity contribution in [2.75, 3.05) is 18.6 Å². The van der Waals surface area contributed by atoms with Crippen LogP contribution >= 0.6 is 0 Å². The summed E-state index contributed by atoms with van der Waals surface area (Å²) in [5, 5.41) is 3.96. The minimum atomic E-state index is -0.691. The highest BCUT2D eigenvalue weighted by Gasteiger charge is 2.17. The van der Waals surface area contributed by atoms with Gasteiger partial charge in [0.1, 0.15) is 5.75 Å². The van der Waals surface area contributed by atoms with Gasteiger partial charge in [-0.05, 0) is 48.9 Å². The molecule has 2 amide bonds. The zero-order chi connectivity index (χ0) is 21.8. The Morgan fingerprint density at radius 3 is 2.70 bits per heavy atom. The number of rotatable bonds is 7. The Morgan fingerprint density at radius 1 is 1.30 bits per heavy atom. The Hall–Kier alpha value is -3.94. The summed E-state index contributed by atoms with van der Waals surface area (Å²) < 4.78 is 21.2. The number of benzene rings is 2. The molecule has 0 unspecified atom stereocenters. The Morgan fingerprint density at radius 2 is 2.07 bits per heavy atom. The van der Waals surface area contributed by atoms with Gasteiger partial charge < -0.3 is 15.4 Å². The fraction of sp³-hybridized carbons (Fsp3) is 0.136. The van der Waals surface area contributed by atoms with E-state index in [0.29, 0.717) is 23.5 Å². The van der Waals surface area contributed by atoms with E-state index in [4.69, 9.17) is 10.5 Å². The van der Waals surface area contributed by atoms with Crippen LogP contribution < -0.4 is 15.4 Å². The third-order valence-corrected chi connectivity index (χ3v) is 4.61. The highest BCUT2D eigenvalue weighted by Crippen LogP contribution is 2.30. The zero-order valence-corrected chi connectivity index (χ0v) is 16.6. The minimum Gasteiger partial charge on any atom is -0.496 e. The van der Waals surface area contributed by atoms with Crippen LogP contribution in [0.3, 0.4) is 0 Å². The second kappa shape index (κ2) is 8.60. The molecule has 30 heavy (non-hydrogen) atoms. The molecule has 2 N–H and O–H groups in total. The largest absolute Gasteiger partial charge is 0.496 e. The molecule has 3 aromatic rings. The first kappa shape index (κ1) is 20.8. The lowest BCUT2D eigenvalue weighted by Crippen LogP contribution is -2.28. The van der Waals surface area contributed by atoms with E-state index in [2.05, 4.69) is 11.7 Å². The molecule has 0 radical (unpaired) electrons. The number of primary amides is 1. The van der Waals surface area contributed by atoms with Crippen LogP contribution in [0.5, 0.6) is 5.75 Å². The second-order valence-electron chi connectivity index (χ2n) is 6.36. The molecule has 0 spiro atoms. The van der Waals surface area contributed by atoms with Gasteiger partial charge >= 0.3 is 0 Å². The van der Waals surface area contributed by atoms with Crippen LogP contribution in [0.4, 0.5) is 10.1 Å². The smallest absolute Gasteiger partial charge is 0.252 e. The van der Waals surface area contributed by atoms with Crippen molar-refractivity contribution in [3.05, 3.63) is 72.8 Å². The van der Waals surface area contributed by atoms with Crippen molar-refractivity contribution >= 4 is 17.5 Å². The molecule has 3 rings (SSSR count). The predicted octanol–water partition coefficient (Wildman–Crippen LogP) is 3.32. The van der Waals surface area contributed by atoms with Crippen molar-refractivity contribution in [1.82, 2.24) is 9.78 Å². The van der Waals surface area contributed by atoms with Crippen molar-refractivity contribution in [3.8, 4) is 22.6 Å². The molecule has 0 atom stereocenters. The molecule has 0 fully saturated rings. The van der Waals surface area contributed by atoms with Gasteiger partial charge in [-0.15, -0.1) is 5.10 Å². The molecule has 1 heterocycles. The van der Waals surface area contributed by atoms with Gasteiger partial charge in [0.2, 0.25) is 11.9 Å². The lowest BCUT2D eigenvalue weighted by atomic mass is 10.1. The molecule has 0 saturated carbocycles. The van der Waals surface area contributed by atoms with Gasteiger partial charge in [-0.3, -0.25) is 9.59 Å². The van der Waals surface area contributed by atoms with Crippen molar-refractivity contribution in [2.24, 2.45) is 5.73 Å². The summed E-state index contributed by atoms with van der Waals surface area (Å²) in [6, 6.07) is 11.6. The Kier molecular flexibility index (Phi) is 5.96. The van der Waals surface area contributed by atoms with E-state index in [1.54, 1.807) is 35.2 Å². The summed E-state index contributed by atoms with van der Waals surface area (Å²) in [4.78, 5) is 25.1. The zero-order valence-electron chi connectivity index (χ0n) is 16.6. The number of hydrogen-bond acceptors (Lipinski definition) is 4. The van der Waals surface area contributed by atoms with Crippen LogP contribution in [0.25, 0.3) is 16.8 Å². The molecule has 1 aromatic heterocycles. The number of amides is 2. The van der Waals surface area contributed by atoms with E-state index >= 15 is 0 Å². The molecular weight excluding hydrogens is 387 g/mol. The van der Waals surface area contributed by atoms with Crippen LogP contribution in [-0.2, 0) is 4.79 Å². The molecule has 0 aliphatic rings. The maximum Gasteiger partial charge on any atom is 0.252 e. The number of nitrogens with two attached hydrogens (primary N) is 1. The van der Waals surface area contributed by atoms with Crippen molar-refractivity contribution in [2.45, 2.75) is 6.92 Å². The fourth-order valence-electron chi connectivity index (χ4n) is 3.12. The van der Waals surface area contributed by atoms with E-state index in [9.17, 15) is 14.0 Å². The monoisotopic (exact) mass is 408 g/mol. The van der Waals surface area contributed by atoms with E-state index in [0.717, 1.165) is 0 Å². The number of ether oxygens (including phenoxy) is 1. The highest BCUT2D eigenvalue weighted by atomic mass is 19.1. The SMILES string of the molecule is C=CC(=O)N(CC)c1cccc(-n2cc(-c3ccc(C(N)=O)c(OC)c3)c(F)n2)c1. The second-order valence-corrected chi connectivity index (χ2v) is 6.36. The topological polar surface area (TPSA) is 90.5 Å². The summed E-state index contributed by atoms with van der Waals surface area (Å²) in [5.74, 6) is -1.32. The van der Waals surface area contributed by atoms with Gasteiger partial charge in [0, 0.05) is 18.4 Å². The maximum atomic E-state index is 14.6. The Bertz CT molecular complexity index is 1120. The number of carbonyl (C=O) groups excluding carboxylic acids is 2. The van der Waals surface area contributed by atoms with Gasteiger partial charge in [-0.25, -0.2) is 4.68 Å². The number of anilines is 1. The van der Waals surface area contributed by atoms with Crippen LogP contribution in [0.15, 0.2) is 61.3 Å². The first-order valence-corrected chi connectivity index (χ1v) is 9.17. The molecule has 0 aliphatic carbocycles. The number of methoxy groups -OCH3 is 1. The first-order chi connectivity index (χ1) is 14.4. The Balaban J connectivity index is 2.01. The van der Waals surface area contributed by atoms with E-state index in [1.807, 2.05) is 6.92 Å². The molecule has 0 aliphatic heterocycles. The molecule has 8 heteroatoms. The van der Waals surface area contributed by atoms with E-state index in [-0.39, 0.29) is 22.8 Å². The predicted molar refractivity (Wildman–Crippen MR) is 112 cm³/mol. The molecule has 0 saturated heterocycles.